The number of nitrogens with two attached hydrogens (primary N) is 1. The number of aromatic nitrogens is 1. The first-order chi connectivity index (χ1) is 5.59. The summed E-state index contributed by atoms with van der Waals surface area (Å²) in [6.45, 7) is 4.66. The van der Waals surface area contributed by atoms with Crippen LogP contribution < -0.4 is 5.73 Å². The van der Waals surface area contributed by atoms with Gasteiger partial charge < -0.3 is 10.5 Å². The topological polar surface area (TPSA) is 48.1 Å². The number of fused-ring (bicyclic) bond motifs is 1. The second-order valence-electron chi connectivity index (χ2n) is 3.58. The van der Waals surface area contributed by atoms with E-state index in [-0.39, 0.29) is 5.60 Å². The first-order valence-electron chi connectivity index (χ1n) is 3.98. The van der Waals surface area contributed by atoms with E-state index < -0.39 is 0 Å². The molecule has 2 heterocycles. The van der Waals surface area contributed by atoms with Crippen LogP contribution in [0.5, 0.6) is 0 Å². The van der Waals surface area contributed by atoms with Gasteiger partial charge in [-0.1, -0.05) is 0 Å². The summed E-state index contributed by atoms with van der Waals surface area (Å²) in [4.78, 5) is 4.26. The fraction of sp³-hybridized carbons (Fsp3) is 0.444. The van der Waals surface area contributed by atoms with Gasteiger partial charge in [0.15, 0.2) is 0 Å². The summed E-state index contributed by atoms with van der Waals surface area (Å²) in [5, 5.41) is 0. The molecule has 0 unspecified atom stereocenters. The van der Waals surface area contributed by atoms with E-state index in [4.69, 9.17) is 10.5 Å². The Kier molecular flexibility index (Phi) is 1.38. The molecule has 0 aliphatic carbocycles. The van der Waals surface area contributed by atoms with Gasteiger partial charge in [0.05, 0.1) is 24.2 Å². The lowest BCUT2D eigenvalue weighted by Gasteiger charge is -2.16. The fourth-order valence-corrected chi connectivity index (χ4v) is 1.51. The van der Waals surface area contributed by atoms with E-state index in [9.17, 15) is 0 Å². The summed E-state index contributed by atoms with van der Waals surface area (Å²) in [6.07, 6.45) is 1.68. The minimum absolute atomic E-state index is 0.247. The fourth-order valence-electron chi connectivity index (χ4n) is 1.51. The molecule has 0 bridgehead atoms. The van der Waals surface area contributed by atoms with Crippen molar-refractivity contribution in [2.24, 2.45) is 0 Å². The number of hydrogen-bond donors (Lipinski definition) is 1. The molecule has 0 spiro atoms. The largest absolute Gasteiger partial charge is 0.397 e. The maximum absolute atomic E-state index is 5.60. The molecular weight excluding hydrogens is 152 g/mol. The van der Waals surface area contributed by atoms with Crippen molar-refractivity contribution < 1.29 is 4.74 Å². The van der Waals surface area contributed by atoms with Crippen molar-refractivity contribution in [1.29, 1.82) is 0 Å². The molecular formula is C9H12N2O. The Balaban J connectivity index is 2.55. The molecule has 1 aromatic rings. The van der Waals surface area contributed by atoms with E-state index in [0.717, 1.165) is 11.3 Å². The summed E-state index contributed by atoms with van der Waals surface area (Å²) in [5.74, 6) is 0. The van der Waals surface area contributed by atoms with Crippen LogP contribution in [0.25, 0.3) is 0 Å². The van der Waals surface area contributed by atoms with Crippen molar-refractivity contribution >= 4 is 5.69 Å². The number of pyridine rings is 1. The average Bonchev–Trinajstić information content (AvgIpc) is 2.27. The maximum atomic E-state index is 5.60. The molecule has 3 nitrogen and oxygen atoms in total. The van der Waals surface area contributed by atoms with E-state index in [0.29, 0.717) is 12.3 Å². The standard InChI is InChI=1S/C9H12N2O/c1-9(2)8-6(5-12-9)3-7(10)4-11-8/h3-4H,5,10H2,1-2H3. The molecule has 0 amide bonds. The Hall–Kier alpha value is -1.09. The van der Waals surface area contributed by atoms with Gasteiger partial charge in [-0.3, -0.25) is 4.98 Å². The lowest BCUT2D eigenvalue weighted by atomic mass is 10.0. The average molecular weight is 164 g/mol. The smallest absolute Gasteiger partial charge is 0.105 e. The summed E-state index contributed by atoms with van der Waals surface area (Å²) >= 11 is 0. The van der Waals surface area contributed by atoms with Crippen molar-refractivity contribution in [3.05, 3.63) is 23.5 Å². The molecule has 64 valence electrons. The van der Waals surface area contributed by atoms with Crippen LogP contribution in [-0.2, 0) is 16.9 Å². The van der Waals surface area contributed by atoms with E-state index in [2.05, 4.69) is 4.98 Å². The lowest BCUT2D eigenvalue weighted by Crippen LogP contribution is -2.16. The molecule has 12 heavy (non-hydrogen) atoms. The second-order valence-corrected chi connectivity index (χ2v) is 3.58. The molecule has 0 radical (unpaired) electrons. The first kappa shape index (κ1) is 7.55. The van der Waals surface area contributed by atoms with E-state index in [1.807, 2.05) is 19.9 Å². The Morgan fingerprint density at radius 1 is 1.58 bits per heavy atom. The van der Waals surface area contributed by atoms with Crippen LogP contribution in [0.1, 0.15) is 25.1 Å². The number of anilines is 1. The summed E-state index contributed by atoms with van der Waals surface area (Å²) in [7, 11) is 0. The van der Waals surface area contributed by atoms with Gasteiger partial charge in [-0.15, -0.1) is 0 Å². The highest BCUT2D eigenvalue weighted by molar-refractivity contribution is 5.42. The molecule has 1 aliphatic rings. The number of rotatable bonds is 0. The number of nitrogen functional groups attached to an aromatic ring is 1. The van der Waals surface area contributed by atoms with Gasteiger partial charge in [0.2, 0.25) is 0 Å². The zero-order valence-corrected chi connectivity index (χ0v) is 7.29. The highest BCUT2D eigenvalue weighted by Gasteiger charge is 2.32. The van der Waals surface area contributed by atoms with Gasteiger partial charge >= 0.3 is 0 Å². The Morgan fingerprint density at radius 3 is 3.08 bits per heavy atom. The maximum Gasteiger partial charge on any atom is 0.105 e. The van der Waals surface area contributed by atoms with Crippen LogP contribution in [0.3, 0.4) is 0 Å². The first-order valence-corrected chi connectivity index (χ1v) is 3.98. The molecule has 0 atom stereocenters. The molecule has 0 aromatic carbocycles. The second kappa shape index (κ2) is 2.20. The summed E-state index contributed by atoms with van der Waals surface area (Å²) < 4.78 is 5.55. The molecule has 3 heteroatoms. The van der Waals surface area contributed by atoms with Crippen molar-refractivity contribution in [2.45, 2.75) is 26.1 Å². The quantitative estimate of drug-likeness (QED) is 0.631. The number of hydrogen-bond acceptors (Lipinski definition) is 3. The third-order valence-corrected chi connectivity index (χ3v) is 2.15. The van der Waals surface area contributed by atoms with E-state index in [1.165, 1.54) is 0 Å². The van der Waals surface area contributed by atoms with Crippen LogP contribution in [-0.4, -0.2) is 4.98 Å². The monoisotopic (exact) mass is 164 g/mol. The van der Waals surface area contributed by atoms with Gasteiger partial charge in [0.1, 0.15) is 5.60 Å². The van der Waals surface area contributed by atoms with Crippen LogP contribution in [0.15, 0.2) is 12.3 Å². The van der Waals surface area contributed by atoms with Crippen molar-refractivity contribution in [3.63, 3.8) is 0 Å². The highest BCUT2D eigenvalue weighted by Crippen LogP contribution is 2.34. The van der Waals surface area contributed by atoms with Gasteiger partial charge in [-0.05, 0) is 19.9 Å². The lowest BCUT2D eigenvalue weighted by molar-refractivity contribution is -0.0101. The number of nitrogens with zero attached hydrogens (tertiary/aromatic N) is 1. The van der Waals surface area contributed by atoms with Crippen LogP contribution in [0, 0.1) is 0 Å². The molecule has 2 rings (SSSR count). The predicted octanol–water partition coefficient (Wildman–Crippen LogP) is 1.43. The van der Waals surface area contributed by atoms with Gasteiger partial charge in [-0.25, -0.2) is 0 Å². The van der Waals surface area contributed by atoms with E-state index >= 15 is 0 Å². The molecule has 1 aliphatic heterocycles. The van der Waals surface area contributed by atoms with Gasteiger partial charge in [-0.2, -0.15) is 0 Å². The van der Waals surface area contributed by atoms with Crippen molar-refractivity contribution in [1.82, 2.24) is 4.98 Å². The van der Waals surface area contributed by atoms with Crippen molar-refractivity contribution in [2.75, 3.05) is 5.73 Å². The van der Waals surface area contributed by atoms with E-state index in [1.54, 1.807) is 6.20 Å². The Bertz CT molecular complexity index is 320. The van der Waals surface area contributed by atoms with Gasteiger partial charge in [0, 0.05) is 5.56 Å². The van der Waals surface area contributed by atoms with Crippen LogP contribution in [0.4, 0.5) is 5.69 Å². The third-order valence-electron chi connectivity index (χ3n) is 2.15. The zero-order chi connectivity index (χ0) is 8.77. The van der Waals surface area contributed by atoms with Crippen molar-refractivity contribution in [3.8, 4) is 0 Å². The minimum atomic E-state index is -0.247. The zero-order valence-electron chi connectivity index (χ0n) is 7.29. The summed E-state index contributed by atoms with van der Waals surface area (Å²) in [6, 6.07) is 1.93. The minimum Gasteiger partial charge on any atom is -0.397 e. The van der Waals surface area contributed by atoms with Crippen LogP contribution >= 0.6 is 0 Å². The van der Waals surface area contributed by atoms with Gasteiger partial charge in [0.25, 0.3) is 0 Å². The molecule has 1 aromatic heterocycles. The Labute approximate surface area is 71.6 Å². The predicted molar refractivity (Wildman–Crippen MR) is 46.5 cm³/mol. The normalized spacial score (nSPS) is 19.2. The number of ether oxygens (including phenoxy) is 1. The summed E-state index contributed by atoms with van der Waals surface area (Å²) in [5.41, 5.74) is 8.18. The SMILES string of the molecule is CC1(C)OCc2cc(N)cnc21. The Morgan fingerprint density at radius 2 is 2.33 bits per heavy atom. The molecule has 0 fully saturated rings. The molecule has 2 N–H and O–H groups in total. The molecule has 0 saturated carbocycles. The highest BCUT2D eigenvalue weighted by atomic mass is 16.5. The van der Waals surface area contributed by atoms with Crippen LogP contribution in [0.2, 0.25) is 0 Å². The molecule has 0 saturated heterocycles. The third kappa shape index (κ3) is 0.975.